The zero-order valence-electron chi connectivity index (χ0n) is 18.0. The summed E-state index contributed by atoms with van der Waals surface area (Å²) in [5, 5.41) is 9.17. The van der Waals surface area contributed by atoms with Crippen LogP contribution in [0.5, 0.6) is 0 Å². The van der Waals surface area contributed by atoms with Crippen LogP contribution in [0, 0.1) is 16.2 Å². The third kappa shape index (κ3) is 6.87. The van der Waals surface area contributed by atoms with Crippen LogP contribution in [0.2, 0.25) is 0 Å². The average molecular weight is 374 g/mol. The van der Waals surface area contributed by atoms with E-state index in [0.717, 1.165) is 17.6 Å². The van der Waals surface area contributed by atoms with Gasteiger partial charge in [-0.05, 0) is 47.7 Å². The van der Waals surface area contributed by atoms with Gasteiger partial charge in [-0.15, -0.1) is 0 Å². The maximum Gasteiger partial charge on any atom is 0.242 e. The first-order chi connectivity index (χ1) is 10.8. The zero-order chi connectivity index (χ0) is 20.5. The molecule has 0 spiro atoms. The normalized spacial score (nSPS) is 16.3. The van der Waals surface area contributed by atoms with Crippen LogP contribution in [0.25, 0.3) is 0 Å². The molecule has 148 valence electrons. The number of rotatable bonds is 5. The standard InChI is InChI=1S/C20H39NO3S/c1-17(2,3)13-12-15(18(4,5)6)14-16(19(7,8)9)20(10,11)25(23,24)21-22/h12,14,21-22H,13H2,1-11H3/b15-12+,16-14-. The third-order valence-corrected chi connectivity index (χ3v) is 6.15. The molecule has 0 radical (unpaired) electrons. The van der Waals surface area contributed by atoms with E-state index in [0.29, 0.717) is 0 Å². The molecule has 0 atom stereocenters. The monoisotopic (exact) mass is 373 g/mol. The van der Waals surface area contributed by atoms with E-state index in [1.807, 2.05) is 26.8 Å². The molecule has 0 saturated carbocycles. The fourth-order valence-electron chi connectivity index (χ4n) is 2.71. The highest BCUT2D eigenvalue weighted by molar-refractivity contribution is 7.90. The number of allylic oxidation sites excluding steroid dienone is 3. The fraction of sp³-hybridized carbons (Fsp3) is 0.800. The van der Waals surface area contributed by atoms with E-state index in [9.17, 15) is 8.42 Å². The quantitative estimate of drug-likeness (QED) is 0.497. The van der Waals surface area contributed by atoms with E-state index in [-0.39, 0.29) is 16.2 Å². The molecule has 0 saturated heterocycles. The van der Waals surface area contributed by atoms with Crippen LogP contribution < -0.4 is 4.89 Å². The molecule has 0 aromatic rings. The van der Waals surface area contributed by atoms with Gasteiger partial charge >= 0.3 is 0 Å². The van der Waals surface area contributed by atoms with Gasteiger partial charge in [0.05, 0.1) is 0 Å². The summed E-state index contributed by atoms with van der Waals surface area (Å²) in [4.78, 5) is 1.51. The lowest BCUT2D eigenvalue weighted by molar-refractivity contribution is 0.238. The summed E-state index contributed by atoms with van der Waals surface area (Å²) < 4.78 is 23.6. The molecular weight excluding hydrogens is 334 g/mol. The predicted molar refractivity (Wildman–Crippen MR) is 107 cm³/mol. The second-order valence-corrected chi connectivity index (χ2v) is 12.8. The second kappa shape index (κ2) is 7.53. The molecule has 0 aliphatic rings. The van der Waals surface area contributed by atoms with Crippen LogP contribution in [-0.4, -0.2) is 18.4 Å². The summed E-state index contributed by atoms with van der Waals surface area (Å²) in [7, 11) is -3.90. The minimum atomic E-state index is -3.90. The molecule has 4 nitrogen and oxygen atoms in total. The van der Waals surface area contributed by atoms with Gasteiger partial charge in [-0.25, -0.2) is 8.42 Å². The van der Waals surface area contributed by atoms with Crippen molar-refractivity contribution in [1.82, 2.24) is 4.89 Å². The molecule has 0 aliphatic heterocycles. The molecule has 0 heterocycles. The second-order valence-electron chi connectivity index (χ2n) is 10.6. The van der Waals surface area contributed by atoms with Crippen LogP contribution in [0.3, 0.4) is 0 Å². The van der Waals surface area contributed by atoms with E-state index in [1.54, 1.807) is 13.8 Å². The minimum Gasteiger partial charge on any atom is -0.302 e. The zero-order valence-corrected chi connectivity index (χ0v) is 18.9. The fourth-order valence-corrected chi connectivity index (χ4v) is 3.59. The van der Waals surface area contributed by atoms with E-state index < -0.39 is 14.8 Å². The van der Waals surface area contributed by atoms with Crippen molar-refractivity contribution in [3.8, 4) is 0 Å². The lowest BCUT2D eigenvalue weighted by atomic mass is 9.75. The molecule has 0 aliphatic carbocycles. The Morgan fingerprint density at radius 3 is 1.60 bits per heavy atom. The Morgan fingerprint density at radius 2 is 1.32 bits per heavy atom. The van der Waals surface area contributed by atoms with Crippen molar-refractivity contribution in [3.05, 3.63) is 23.3 Å². The first-order valence-corrected chi connectivity index (χ1v) is 10.3. The van der Waals surface area contributed by atoms with Crippen molar-refractivity contribution in [2.75, 3.05) is 0 Å². The van der Waals surface area contributed by atoms with Crippen molar-refractivity contribution >= 4 is 10.0 Å². The number of hydrogen-bond acceptors (Lipinski definition) is 3. The van der Waals surface area contributed by atoms with Gasteiger partial charge in [0.15, 0.2) is 0 Å². The summed E-state index contributed by atoms with van der Waals surface area (Å²) in [6.07, 6.45) is 5.13. The Morgan fingerprint density at radius 1 is 0.880 bits per heavy atom. The summed E-state index contributed by atoms with van der Waals surface area (Å²) in [6.45, 7) is 22.2. The molecule has 0 aromatic heterocycles. The van der Waals surface area contributed by atoms with E-state index >= 15 is 0 Å². The Kier molecular flexibility index (Phi) is 7.34. The summed E-state index contributed by atoms with van der Waals surface area (Å²) in [6, 6.07) is 0. The first kappa shape index (κ1) is 24.4. The molecule has 0 aromatic carbocycles. The summed E-state index contributed by atoms with van der Waals surface area (Å²) in [5.41, 5.74) is 1.53. The smallest absolute Gasteiger partial charge is 0.242 e. The molecule has 0 unspecified atom stereocenters. The largest absolute Gasteiger partial charge is 0.302 e. The lowest BCUT2D eigenvalue weighted by Crippen LogP contribution is -2.45. The van der Waals surface area contributed by atoms with Crippen LogP contribution in [0.1, 0.15) is 82.6 Å². The Bertz CT molecular complexity index is 619. The topological polar surface area (TPSA) is 66.4 Å². The van der Waals surface area contributed by atoms with Crippen LogP contribution in [-0.2, 0) is 10.0 Å². The van der Waals surface area contributed by atoms with Gasteiger partial charge in [-0.2, -0.15) is 0 Å². The van der Waals surface area contributed by atoms with Crippen molar-refractivity contribution in [2.45, 2.75) is 87.3 Å². The SMILES string of the molecule is CC(C)(C)C/C=C(\C=C(\C(C)(C)C)C(C)(C)S(=O)(=O)NO)C(C)(C)C. The minimum absolute atomic E-state index is 0.117. The van der Waals surface area contributed by atoms with Gasteiger partial charge in [-0.1, -0.05) is 79.4 Å². The molecule has 2 N–H and O–H groups in total. The van der Waals surface area contributed by atoms with Gasteiger partial charge < -0.3 is 5.21 Å². The molecule has 25 heavy (non-hydrogen) atoms. The highest BCUT2D eigenvalue weighted by atomic mass is 32.2. The van der Waals surface area contributed by atoms with Crippen LogP contribution >= 0.6 is 0 Å². The van der Waals surface area contributed by atoms with Crippen LogP contribution in [0.15, 0.2) is 23.3 Å². The maximum absolute atomic E-state index is 12.4. The van der Waals surface area contributed by atoms with Crippen molar-refractivity contribution < 1.29 is 13.6 Å². The predicted octanol–water partition coefficient (Wildman–Crippen LogP) is 5.45. The number of sulfonamides is 1. The molecule has 0 fully saturated rings. The van der Waals surface area contributed by atoms with E-state index in [1.165, 1.54) is 4.89 Å². The highest BCUT2D eigenvalue weighted by Crippen LogP contribution is 2.41. The van der Waals surface area contributed by atoms with Gasteiger partial charge in [0.25, 0.3) is 0 Å². The van der Waals surface area contributed by atoms with Crippen molar-refractivity contribution in [1.29, 1.82) is 0 Å². The summed E-state index contributed by atoms with van der Waals surface area (Å²) >= 11 is 0. The molecule has 0 bridgehead atoms. The maximum atomic E-state index is 12.4. The van der Waals surface area contributed by atoms with Crippen LogP contribution in [0.4, 0.5) is 0 Å². The summed E-state index contributed by atoms with van der Waals surface area (Å²) in [5.74, 6) is 0. The Hall–Kier alpha value is -0.650. The Labute approximate surface area is 155 Å². The number of nitrogens with one attached hydrogen (secondary N) is 1. The van der Waals surface area contributed by atoms with E-state index in [2.05, 4.69) is 47.6 Å². The average Bonchev–Trinajstić information content (AvgIpc) is 2.33. The lowest BCUT2D eigenvalue weighted by Gasteiger charge is -2.37. The van der Waals surface area contributed by atoms with Gasteiger partial charge in [0.2, 0.25) is 10.0 Å². The van der Waals surface area contributed by atoms with Crippen molar-refractivity contribution in [2.24, 2.45) is 16.2 Å². The van der Waals surface area contributed by atoms with Gasteiger partial charge in [0.1, 0.15) is 4.75 Å². The first-order valence-electron chi connectivity index (χ1n) is 8.84. The Balaban J connectivity index is 6.53. The van der Waals surface area contributed by atoms with Gasteiger partial charge in [0, 0.05) is 0 Å². The van der Waals surface area contributed by atoms with Crippen molar-refractivity contribution in [3.63, 3.8) is 0 Å². The van der Waals surface area contributed by atoms with E-state index in [4.69, 9.17) is 5.21 Å². The number of hydrogen-bond donors (Lipinski definition) is 2. The molecule has 0 rings (SSSR count). The molecule has 0 amide bonds. The third-order valence-electron chi connectivity index (χ3n) is 4.35. The molecule has 5 heteroatoms. The van der Waals surface area contributed by atoms with Gasteiger partial charge in [-0.3, -0.25) is 0 Å². The highest BCUT2D eigenvalue weighted by Gasteiger charge is 2.42. The molecular formula is C20H39NO3S.